The van der Waals surface area contributed by atoms with Gasteiger partial charge in [-0.2, -0.15) is 0 Å². The average molecular weight is 268 g/mol. The average Bonchev–Trinajstić information content (AvgIpc) is 2.77. The van der Waals surface area contributed by atoms with Crippen LogP contribution in [0.1, 0.15) is 29.6 Å². The van der Waals surface area contributed by atoms with Gasteiger partial charge in [0, 0.05) is 16.6 Å². The third-order valence-corrected chi connectivity index (χ3v) is 3.47. The Bertz CT molecular complexity index is 475. The molecule has 1 aromatic rings. The number of amides is 1. The highest BCUT2D eigenvalue weighted by atomic mass is 35.5. The Morgan fingerprint density at radius 3 is 2.78 bits per heavy atom. The van der Waals surface area contributed by atoms with E-state index in [1.807, 2.05) is 0 Å². The first kappa shape index (κ1) is 12.9. The smallest absolute Gasteiger partial charge is 0.308 e. The number of halogens is 1. The zero-order valence-electron chi connectivity index (χ0n) is 9.73. The maximum Gasteiger partial charge on any atom is 0.308 e. The molecule has 18 heavy (non-hydrogen) atoms. The first-order valence-corrected chi connectivity index (χ1v) is 6.25. The van der Waals surface area contributed by atoms with Crippen molar-refractivity contribution in [3.05, 3.63) is 34.9 Å². The number of hydrogen-bond acceptors (Lipinski definition) is 2. The topological polar surface area (TPSA) is 66.4 Å². The Labute approximate surface area is 110 Å². The lowest BCUT2D eigenvalue weighted by molar-refractivity contribution is -0.142. The molecule has 1 saturated carbocycles. The molecule has 2 N–H and O–H groups in total. The summed E-state index contributed by atoms with van der Waals surface area (Å²) in [6.07, 6.45) is 2.16. The molecule has 1 amide bonds. The van der Waals surface area contributed by atoms with Gasteiger partial charge in [0.2, 0.25) is 0 Å². The zero-order chi connectivity index (χ0) is 13.1. The number of carboxylic acids is 1. The number of hydrogen-bond donors (Lipinski definition) is 2. The molecule has 1 fully saturated rings. The predicted octanol–water partition coefficient (Wildman–Crippen LogP) is 2.32. The van der Waals surface area contributed by atoms with Crippen LogP contribution < -0.4 is 5.32 Å². The maximum atomic E-state index is 12.0. The summed E-state index contributed by atoms with van der Waals surface area (Å²) in [4.78, 5) is 23.0. The molecular weight excluding hydrogens is 254 g/mol. The van der Waals surface area contributed by atoms with Crippen LogP contribution in [-0.4, -0.2) is 23.0 Å². The highest BCUT2D eigenvalue weighted by Gasteiger charge is 2.33. The van der Waals surface area contributed by atoms with Gasteiger partial charge < -0.3 is 10.4 Å². The quantitative estimate of drug-likeness (QED) is 0.883. The first-order valence-electron chi connectivity index (χ1n) is 5.87. The second kappa shape index (κ2) is 5.40. The van der Waals surface area contributed by atoms with Crippen molar-refractivity contribution in [2.75, 3.05) is 0 Å². The van der Waals surface area contributed by atoms with Crippen LogP contribution in [0.5, 0.6) is 0 Å². The first-order chi connectivity index (χ1) is 8.58. The van der Waals surface area contributed by atoms with Crippen molar-refractivity contribution < 1.29 is 14.7 Å². The molecule has 1 aliphatic carbocycles. The van der Waals surface area contributed by atoms with Gasteiger partial charge in [-0.1, -0.05) is 24.1 Å². The molecule has 1 aliphatic rings. The summed E-state index contributed by atoms with van der Waals surface area (Å²) in [7, 11) is 0. The van der Waals surface area contributed by atoms with Crippen LogP contribution in [0.2, 0.25) is 5.02 Å². The van der Waals surface area contributed by atoms with Gasteiger partial charge in [-0.15, -0.1) is 0 Å². The lowest BCUT2D eigenvalue weighted by Gasteiger charge is -2.17. The summed E-state index contributed by atoms with van der Waals surface area (Å²) < 4.78 is 0. The van der Waals surface area contributed by atoms with Gasteiger partial charge in [-0.25, -0.2) is 0 Å². The minimum atomic E-state index is -0.844. The SMILES string of the molecule is O=C(NC1CCCC1C(=O)O)c1cccc(Cl)c1. The minimum absolute atomic E-state index is 0.268. The highest BCUT2D eigenvalue weighted by Crippen LogP contribution is 2.26. The van der Waals surface area contributed by atoms with Crippen molar-refractivity contribution in [3.8, 4) is 0 Å². The molecule has 2 unspecified atom stereocenters. The number of rotatable bonds is 3. The Morgan fingerprint density at radius 2 is 2.11 bits per heavy atom. The van der Waals surface area contributed by atoms with Crippen LogP contribution in [0, 0.1) is 5.92 Å². The van der Waals surface area contributed by atoms with Crippen LogP contribution in [-0.2, 0) is 4.79 Å². The van der Waals surface area contributed by atoms with E-state index in [0.717, 1.165) is 6.42 Å². The van der Waals surface area contributed by atoms with Crippen molar-refractivity contribution >= 4 is 23.5 Å². The Hall–Kier alpha value is -1.55. The minimum Gasteiger partial charge on any atom is -0.481 e. The van der Waals surface area contributed by atoms with Crippen molar-refractivity contribution in [2.24, 2.45) is 5.92 Å². The highest BCUT2D eigenvalue weighted by molar-refractivity contribution is 6.30. The van der Waals surface area contributed by atoms with E-state index in [1.54, 1.807) is 24.3 Å². The summed E-state index contributed by atoms with van der Waals surface area (Å²) in [5.74, 6) is -1.59. The third kappa shape index (κ3) is 2.82. The number of carbonyl (C=O) groups is 2. The summed E-state index contributed by atoms with van der Waals surface area (Å²) in [6, 6.07) is 6.33. The Morgan fingerprint density at radius 1 is 1.33 bits per heavy atom. The largest absolute Gasteiger partial charge is 0.481 e. The molecule has 1 aromatic carbocycles. The van der Waals surface area contributed by atoms with Crippen LogP contribution in [0.3, 0.4) is 0 Å². The lowest BCUT2D eigenvalue weighted by atomic mass is 10.0. The van der Waals surface area contributed by atoms with Crippen molar-refractivity contribution in [1.29, 1.82) is 0 Å². The standard InChI is InChI=1S/C13H14ClNO3/c14-9-4-1-3-8(7-9)12(16)15-11-6-2-5-10(11)13(17)18/h1,3-4,7,10-11H,2,5-6H2,(H,15,16)(H,17,18). The summed E-state index contributed by atoms with van der Waals surface area (Å²) in [6.45, 7) is 0. The van der Waals surface area contributed by atoms with Crippen LogP contribution in [0.25, 0.3) is 0 Å². The van der Waals surface area contributed by atoms with Gasteiger partial charge in [0.15, 0.2) is 0 Å². The number of carboxylic acid groups (broad SMARTS) is 1. The molecule has 2 rings (SSSR count). The van der Waals surface area contributed by atoms with Crippen molar-refractivity contribution in [2.45, 2.75) is 25.3 Å². The molecule has 96 valence electrons. The fraction of sp³-hybridized carbons (Fsp3) is 0.385. The van der Waals surface area contributed by atoms with E-state index in [2.05, 4.69) is 5.32 Å². The van der Waals surface area contributed by atoms with Gasteiger partial charge in [0.05, 0.1) is 5.92 Å². The number of nitrogens with one attached hydrogen (secondary N) is 1. The molecular formula is C13H14ClNO3. The molecule has 0 saturated heterocycles. The van der Waals surface area contributed by atoms with E-state index in [4.69, 9.17) is 16.7 Å². The summed E-state index contributed by atoms with van der Waals surface area (Å²) in [5.41, 5.74) is 0.457. The Kier molecular flexibility index (Phi) is 3.87. The second-order valence-electron chi connectivity index (χ2n) is 4.47. The van der Waals surface area contributed by atoms with E-state index in [9.17, 15) is 9.59 Å². The summed E-state index contributed by atoms with van der Waals surface area (Å²) >= 11 is 5.81. The van der Waals surface area contributed by atoms with Crippen molar-refractivity contribution in [3.63, 3.8) is 0 Å². The van der Waals surface area contributed by atoms with Gasteiger partial charge in [0.1, 0.15) is 0 Å². The number of aliphatic carboxylic acids is 1. The van der Waals surface area contributed by atoms with Gasteiger partial charge >= 0.3 is 5.97 Å². The van der Waals surface area contributed by atoms with Crippen LogP contribution in [0.15, 0.2) is 24.3 Å². The fourth-order valence-corrected chi connectivity index (χ4v) is 2.50. The monoisotopic (exact) mass is 267 g/mol. The fourth-order valence-electron chi connectivity index (χ4n) is 2.31. The summed E-state index contributed by atoms with van der Waals surface area (Å²) in [5, 5.41) is 12.3. The molecule has 0 aromatic heterocycles. The molecule has 0 aliphatic heterocycles. The predicted molar refractivity (Wildman–Crippen MR) is 67.7 cm³/mol. The normalized spacial score (nSPS) is 22.7. The lowest BCUT2D eigenvalue weighted by Crippen LogP contribution is -2.40. The van der Waals surface area contributed by atoms with E-state index in [0.29, 0.717) is 23.4 Å². The molecule has 0 heterocycles. The van der Waals surface area contributed by atoms with Crippen LogP contribution >= 0.6 is 11.6 Å². The maximum absolute atomic E-state index is 12.0. The molecule has 4 nitrogen and oxygen atoms in total. The second-order valence-corrected chi connectivity index (χ2v) is 4.90. The molecule has 0 spiro atoms. The molecule has 0 bridgehead atoms. The van der Waals surface area contributed by atoms with E-state index < -0.39 is 11.9 Å². The number of benzene rings is 1. The number of carbonyl (C=O) groups excluding carboxylic acids is 1. The molecule has 0 radical (unpaired) electrons. The Balaban J connectivity index is 2.05. The third-order valence-electron chi connectivity index (χ3n) is 3.24. The van der Waals surface area contributed by atoms with E-state index in [-0.39, 0.29) is 11.9 Å². The molecule has 2 atom stereocenters. The molecule has 5 heteroatoms. The van der Waals surface area contributed by atoms with Gasteiger partial charge in [-0.3, -0.25) is 9.59 Å². The van der Waals surface area contributed by atoms with Crippen molar-refractivity contribution in [1.82, 2.24) is 5.32 Å². The van der Waals surface area contributed by atoms with Gasteiger partial charge in [0.25, 0.3) is 5.91 Å². The zero-order valence-corrected chi connectivity index (χ0v) is 10.5. The van der Waals surface area contributed by atoms with E-state index >= 15 is 0 Å². The van der Waals surface area contributed by atoms with Gasteiger partial charge in [-0.05, 0) is 31.0 Å². The van der Waals surface area contributed by atoms with Crippen LogP contribution in [0.4, 0.5) is 0 Å². The van der Waals surface area contributed by atoms with E-state index in [1.165, 1.54) is 0 Å².